The van der Waals surface area contributed by atoms with Gasteiger partial charge in [0, 0.05) is 13.6 Å². The van der Waals surface area contributed by atoms with Crippen LogP contribution >= 0.6 is 0 Å². The molecule has 2 aliphatic carbocycles. The number of hydrogen-bond acceptors (Lipinski definition) is 4. The number of hydrazone groups is 2. The molecule has 0 radical (unpaired) electrons. The Morgan fingerprint density at radius 3 is 1.63 bits per heavy atom. The van der Waals surface area contributed by atoms with Crippen molar-refractivity contribution in [3.8, 4) is 0 Å². The van der Waals surface area contributed by atoms with Crippen molar-refractivity contribution < 1.29 is 17.1 Å². The fourth-order valence-electron chi connectivity index (χ4n) is 5.95. The van der Waals surface area contributed by atoms with Gasteiger partial charge in [-0.1, -0.05) is 120 Å². The summed E-state index contributed by atoms with van der Waals surface area (Å²) < 4.78 is 0. The van der Waals surface area contributed by atoms with E-state index < -0.39 is 0 Å². The second-order valence-electron chi connectivity index (χ2n) is 12.4. The van der Waals surface area contributed by atoms with Crippen LogP contribution in [0.1, 0.15) is 117 Å². The van der Waals surface area contributed by atoms with Crippen LogP contribution in [0.2, 0.25) is 0 Å². The van der Waals surface area contributed by atoms with Gasteiger partial charge in [-0.2, -0.15) is 36.9 Å². The van der Waals surface area contributed by atoms with Crippen molar-refractivity contribution in [3.05, 3.63) is 72.5 Å². The minimum atomic E-state index is 0. The molecule has 2 aromatic rings. The van der Waals surface area contributed by atoms with E-state index in [0.717, 1.165) is 12.2 Å². The smallest absolute Gasteiger partial charge is 0.308 e. The summed E-state index contributed by atoms with van der Waals surface area (Å²) in [6, 6.07) is 20.9. The molecule has 4 rings (SSSR count). The summed E-state index contributed by atoms with van der Waals surface area (Å²) in [5.74, 6) is 4.35. The van der Waals surface area contributed by atoms with Crippen molar-refractivity contribution in [1.82, 2.24) is 0 Å². The predicted molar refractivity (Wildman–Crippen MR) is 185 cm³/mol. The molecule has 0 saturated heterocycles. The first-order chi connectivity index (χ1) is 20.6. The maximum Gasteiger partial charge on any atom is 2.00 e. The van der Waals surface area contributed by atoms with E-state index in [0.29, 0.717) is 11.8 Å². The van der Waals surface area contributed by atoms with Gasteiger partial charge in [0.05, 0.1) is 11.4 Å². The summed E-state index contributed by atoms with van der Waals surface area (Å²) in [5, 5.41) is 13.5. The minimum absolute atomic E-state index is 0. The fraction of sp³-hybridized carbons (Fsp3) is 0.579. The Bertz CT molecular complexity index is 996. The summed E-state index contributed by atoms with van der Waals surface area (Å²) in [4.78, 5) is 0. The zero-order chi connectivity index (χ0) is 29.8. The van der Waals surface area contributed by atoms with E-state index in [-0.39, 0.29) is 17.1 Å². The fourth-order valence-corrected chi connectivity index (χ4v) is 5.95. The van der Waals surface area contributed by atoms with Crippen LogP contribution in [0.4, 0.5) is 11.4 Å². The first kappa shape index (κ1) is 37.1. The van der Waals surface area contributed by atoms with Gasteiger partial charge in [-0.3, -0.25) is 10.0 Å². The molecule has 5 heteroatoms. The van der Waals surface area contributed by atoms with Crippen molar-refractivity contribution in [2.45, 2.75) is 117 Å². The molecule has 0 amide bonds. The van der Waals surface area contributed by atoms with E-state index in [9.17, 15) is 0 Å². The Hall–Kier alpha value is -2.10. The predicted octanol–water partition coefficient (Wildman–Crippen LogP) is 10.9. The van der Waals surface area contributed by atoms with Gasteiger partial charge in [-0.15, -0.1) is 11.8 Å². The van der Waals surface area contributed by atoms with Crippen molar-refractivity contribution in [2.24, 2.45) is 22.0 Å². The molecular formula is C38H58FeN4. The second kappa shape index (κ2) is 22.4. The number of hydrogen-bond donors (Lipinski definition) is 0. The van der Waals surface area contributed by atoms with E-state index in [1.54, 1.807) is 11.8 Å². The number of rotatable bonds is 16. The topological polar surface area (TPSA) is 31.2 Å². The quantitative estimate of drug-likeness (QED) is 0.0610. The molecule has 0 bridgehead atoms. The largest absolute Gasteiger partial charge is 2.00 e. The maximum absolute atomic E-state index is 4.88. The van der Waals surface area contributed by atoms with Crippen molar-refractivity contribution in [2.75, 3.05) is 23.6 Å². The molecular weight excluding hydrogens is 568 g/mol. The third-order valence-electron chi connectivity index (χ3n) is 8.90. The summed E-state index contributed by atoms with van der Waals surface area (Å²) >= 11 is 0. The Morgan fingerprint density at radius 2 is 1.14 bits per heavy atom. The third-order valence-corrected chi connectivity index (χ3v) is 8.90. The van der Waals surface area contributed by atoms with Crippen LogP contribution in [0.15, 0.2) is 70.9 Å². The maximum atomic E-state index is 4.88. The Balaban J connectivity index is 0.000000325. The number of nitrogens with zero attached hydrogens (tertiary/aromatic N) is 4. The van der Waals surface area contributed by atoms with E-state index in [1.807, 2.05) is 30.3 Å². The van der Waals surface area contributed by atoms with Crippen molar-refractivity contribution >= 4 is 23.8 Å². The van der Waals surface area contributed by atoms with Crippen LogP contribution in [0.5, 0.6) is 0 Å². The molecule has 0 spiro atoms. The number of benzene rings is 2. The van der Waals surface area contributed by atoms with Gasteiger partial charge in [-0.05, 0) is 43.1 Å². The van der Waals surface area contributed by atoms with Gasteiger partial charge in [0.2, 0.25) is 0 Å². The zero-order valence-corrected chi connectivity index (χ0v) is 28.6. The monoisotopic (exact) mass is 626 g/mol. The molecule has 2 aliphatic rings. The van der Waals surface area contributed by atoms with Gasteiger partial charge < -0.3 is 11.8 Å². The van der Waals surface area contributed by atoms with Gasteiger partial charge in [0.15, 0.2) is 0 Å². The summed E-state index contributed by atoms with van der Waals surface area (Å²) in [6.45, 7) is 7.85. The van der Waals surface area contributed by atoms with E-state index in [4.69, 9.17) is 5.10 Å². The summed E-state index contributed by atoms with van der Waals surface area (Å²) in [7, 11) is 2.00. The molecule has 2 aromatic carbocycles. The molecule has 0 N–H and O–H groups in total. The summed E-state index contributed by atoms with van der Waals surface area (Å²) in [6.07, 6.45) is 24.3. The molecule has 2 saturated carbocycles. The van der Waals surface area contributed by atoms with Gasteiger partial charge >= 0.3 is 17.1 Å². The third kappa shape index (κ3) is 14.5. The van der Waals surface area contributed by atoms with E-state index in [2.05, 4.69) is 85.8 Å². The molecule has 2 fully saturated rings. The standard InChI is InChI=1S/C24H39N2.C14H19N2.Fe/c1-3-4-5-6-7-8-9-10-14-20-26(24-18-12-11-13-19-24)25-21-23-17-15-16-22(23)2;1-12-7-6-8-13(12)11-15-16(2)14-9-4-3-5-10-14;/h11-13,18-19,21,23H,3-10,14-17,20H2,1-2H3;3-5,9-11,13H,6-8H2,1-2H3;/q2*-1;+2/b25-21+;15-11+;. The minimum Gasteiger partial charge on any atom is -0.308 e. The van der Waals surface area contributed by atoms with Crippen molar-refractivity contribution in [1.29, 1.82) is 0 Å². The molecule has 2 unspecified atom stereocenters. The van der Waals surface area contributed by atoms with Crippen LogP contribution in [0.25, 0.3) is 0 Å². The molecule has 238 valence electrons. The molecule has 2 atom stereocenters. The van der Waals surface area contributed by atoms with Crippen LogP contribution in [0.3, 0.4) is 0 Å². The molecule has 43 heavy (non-hydrogen) atoms. The van der Waals surface area contributed by atoms with Crippen LogP contribution in [0, 0.1) is 23.7 Å². The molecule has 0 heterocycles. The normalized spacial score (nSPS) is 19.0. The first-order valence-corrected chi connectivity index (χ1v) is 16.9. The number of anilines is 2. The van der Waals surface area contributed by atoms with Gasteiger partial charge in [0.1, 0.15) is 0 Å². The zero-order valence-electron chi connectivity index (χ0n) is 27.5. The average Bonchev–Trinajstić information content (AvgIpc) is 3.64. The number of unbranched alkanes of at least 4 members (excludes halogenated alkanes) is 8. The second-order valence-corrected chi connectivity index (χ2v) is 12.4. The number of para-hydroxylation sites is 2. The SMILES string of the molecule is CCCCCCCCCCCN(/N=C/C1CCC[C-]1C)c1ccccc1.C[C-]1CCCC1/C=N/N(C)c1ccccc1.[Fe+2]. The van der Waals surface area contributed by atoms with Crippen LogP contribution < -0.4 is 10.0 Å². The van der Waals surface area contributed by atoms with Crippen molar-refractivity contribution in [3.63, 3.8) is 0 Å². The Kier molecular flexibility index (Phi) is 19.3. The van der Waals surface area contributed by atoms with E-state index >= 15 is 0 Å². The Morgan fingerprint density at radius 1 is 0.674 bits per heavy atom. The van der Waals surface area contributed by atoms with Gasteiger partial charge in [-0.25, -0.2) is 0 Å². The average molecular weight is 627 g/mol. The first-order valence-electron chi connectivity index (χ1n) is 16.9. The molecule has 4 nitrogen and oxygen atoms in total. The van der Waals surface area contributed by atoms with Crippen LogP contribution in [-0.4, -0.2) is 26.0 Å². The van der Waals surface area contributed by atoms with Gasteiger partial charge in [0.25, 0.3) is 0 Å². The van der Waals surface area contributed by atoms with Crippen LogP contribution in [-0.2, 0) is 17.1 Å². The molecule has 0 aromatic heterocycles. The summed E-state index contributed by atoms with van der Waals surface area (Å²) in [5.41, 5.74) is 2.35. The Labute approximate surface area is 275 Å². The van der Waals surface area contributed by atoms with E-state index in [1.165, 1.54) is 102 Å². The molecule has 0 aliphatic heterocycles.